The maximum atomic E-state index is 11.7. The highest BCUT2D eigenvalue weighted by atomic mass is 32.1. The quantitative estimate of drug-likeness (QED) is 0.533. The normalized spacial score (nSPS) is 23.4. The lowest BCUT2D eigenvalue weighted by molar-refractivity contribution is -0.121. The monoisotopic (exact) mass is 211 g/mol. The summed E-state index contributed by atoms with van der Waals surface area (Å²) >= 11 is 5.11. The number of hydrogen-bond acceptors (Lipinski definition) is 2. The van der Waals surface area contributed by atoms with Gasteiger partial charge in [0.05, 0.1) is 10.9 Å². The first-order chi connectivity index (χ1) is 6.59. The van der Waals surface area contributed by atoms with E-state index >= 15 is 0 Å². The number of ketones is 1. The lowest BCUT2D eigenvalue weighted by Crippen LogP contribution is -2.33. The zero-order valence-electron chi connectivity index (χ0n) is 8.80. The summed E-state index contributed by atoms with van der Waals surface area (Å²) in [5, 5.41) is 3.14. The molecule has 1 rings (SSSR count). The van der Waals surface area contributed by atoms with Gasteiger partial charge in [0.2, 0.25) is 0 Å². The van der Waals surface area contributed by atoms with Crippen LogP contribution < -0.4 is 5.32 Å². The van der Waals surface area contributed by atoms with Gasteiger partial charge >= 0.3 is 0 Å². The summed E-state index contributed by atoms with van der Waals surface area (Å²) in [6, 6.07) is 0. The van der Waals surface area contributed by atoms with Gasteiger partial charge in [0.15, 0.2) is 0 Å². The number of carbonyl (C=O) groups is 1. The molecule has 0 amide bonds. The minimum atomic E-state index is 0.0123. The van der Waals surface area contributed by atoms with E-state index in [1.54, 1.807) is 0 Å². The molecule has 0 radical (unpaired) electrons. The average molecular weight is 211 g/mol. The predicted molar refractivity (Wildman–Crippen MR) is 62.4 cm³/mol. The van der Waals surface area contributed by atoms with Gasteiger partial charge < -0.3 is 5.32 Å². The van der Waals surface area contributed by atoms with Crippen LogP contribution in [0.15, 0.2) is 11.6 Å². The van der Waals surface area contributed by atoms with Crippen LogP contribution in [0.3, 0.4) is 0 Å². The number of rotatable bonds is 1. The van der Waals surface area contributed by atoms with E-state index in [0.717, 1.165) is 17.8 Å². The molecule has 1 N–H and O–H groups in total. The Hall–Kier alpha value is -0.700. The van der Waals surface area contributed by atoms with E-state index in [1.807, 2.05) is 19.9 Å². The highest BCUT2D eigenvalue weighted by Gasteiger charge is 2.18. The average Bonchev–Trinajstić information content (AvgIpc) is 2.09. The van der Waals surface area contributed by atoms with Gasteiger partial charge in [-0.25, -0.2) is 0 Å². The third-order valence-corrected chi connectivity index (χ3v) is 2.64. The topological polar surface area (TPSA) is 29.1 Å². The Balaban J connectivity index is 2.65. The molecule has 14 heavy (non-hydrogen) atoms. The van der Waals surface area contributed by atoms with Crippen molar-refractivity contribution in [2.75, 3.05) is 6.54 Å². The molecular weight excluding hydrogens is 194 g/mol. The summed E-state index contributed by atoms with van der Waals surface area (Å²) in [6.07, 6.45) is 4.43. The van der Waals surface area contributed by atoms with E-state index in [2.05, 4.69) is 5.32 Å². The Morgan fingerprint density at radius 2 is 2.21 bits per heavy atom. The molecule has 2 nitrogen and oxygen atoms in total. The van der Waals surface area contributed by atoms with Gasteiger partial charge in [0.1, 0.15) is 5.78 Å². The molecule has 1 aliphatic rings. The highest BCUT2D eigenvalue weighted by Crippen LogP contribution is 2.12. The third kappa shape index (κ3) is 3.58. The van der Waals surface area contributed by atoms with Crippen molar-refractivity contribution in [3.63, 3.8) is 0 Å². The van der Waals surface area contributed by atoms with Crippen LogP contribution in [0.2, 0.25) is 0 Å². The maximum absolute atomic E-state index is 11.7. The lowest BCUT2D eigenvalue weighted by Gasteiger charge is -2.18. The minimum Gasteiger partial charge on any atom is -0.379 e. The highest BCUT2D eigenvalue weighted by molar-refractivity contribution is 7.80. The van der Waals surface area contributed by atoms with Crippen molar-refractivity contribution >= 4 is 23.0 Å². The molecule has 78 valence electrons. The summed E-state index contributed by atoms with van der Waals surface area (Å²) in [7, 11) is 0. The Morgan fingerprint density at radius 1 is 1.50 bits per heavy atom. The summed E-state index contributed by atoms with van der Waals surface area (Å²) in [5.41, 5.74) is 1.19. The minimum absolute atomic E-state index is 0.0123. The van der Waals surface area contributed by atoms with E-state index in [4.69, 9.17) is 12.2 Å². The second kappa shape index (κ2) is 5.25. The van der Waals surface area contributed by atoms with Gasteiger partial charge in [-0.05, 0) is 26.7 Å². The Labute approximate surface area is 90.8 Å². The van der Waals surface area contributed by atoms with Crippen molar-refractivity contribution in [1.82, 2.24) is 5.32 Å². The second-order valence-electron chi connectivity index (χ2n) is 3.97. The van der Waals surface area contributed by atoms with Gasteiger partial charge in [-0.15, -0.1) is 0 Å². The largest absolute Gasteiger partial charge is 0.379 e. The molecule has 0 saturated carbocycles. The van der Waals surface area contributed by atoms with Crippen LogP contribution in [0, 0.1) is 5.92 Å². The predicted octanol–water partition coefficient (Wildman–Crippen LogP) is 2.24. The first-order valence-corrected chi connectivity index (χ1v) is 5.45. The Bertz CT molecular complexity index is 266. The lowest BCUT2D eigenvalue weighted by atomic mass is 9.95. The van der Waals surface area contributed by atoms with Crippen molar-refractivity contribution in [2.45, 2.75) is 33.1 Å². The number of Topliss-reactive ketones (excluding diaryl/α,β-unsaturated/α-hetero) is 1. The SMILES string of the molecule is CC(C)=CC1CNC(=S)CCCC1=O. The maximum Gasteiger partial charge on any atom is 0.141 e. The molecule has 0 bridgehead atoms. The zero-order chi connectivity index (χ0) is 10.6. The van der Waals surface area contributed by atoms with E-state index in [1.165, 1.54) is 5.57 Å². The van der Waals surface area contributed by atoms with Crippen LogP contribution in [0.1, 0.15) is 33.1 Å². The summed E-state index contributed by atoms with van der Waals surface area (Å²) in [6.45, 7) is 4.71. The number of carbonyl (C=O) groups excluding carboxylic acids is 1. The molecule has 0 aliphatic carbocycles. The van der Waals surface area contributed by atoms with Crippen LogP contribution in [0.5, 0.6) is 0 Å². The molecule has 0 spiro atoms. The molecule has 1 heterocycles. The summed E-state index contributed by atoms with van der Waals surface area (Å²) in [5.74, 6) is 0.347. The first kappa shape index (κ1) is 11.4. The molecular formula is C11H17NOS. The molecule has 0 aromatic carbocycles. The first-order valence-electron chi connectivity index (χ1n) is 5.04. The molecule has 1 atom stereocenters. The van der Waals surface area contributed by atoms with Crippen molar-refractivity contribution in [2.24, 2.45) is 5.92 Å². The standard InChI is InChI=1S/C11H17NOS/c1-8(2)6-9-7-12-11(14)5-3-4-10(9)13/h6,9H,3-5,7H2,1-2H3,(H,12,14). The Kier molecular flexibility index (Phi) is 4.26. The summed E-state index contributed by atoms with van der Waals surface area (Å²) < 4.78 is 0. The molecule has 3 heteroatoms. The fourth-order valence-electron chi connectivity index (χ4n) is 1.59. The Morgan fingerprint density at radius 3 is 2.86 bits per heavy atom. The fraction of sp³-hybridized carbons (Fsp3) is 0.636. The summed E-state index contributed by atoms with van der Waals surface area (Å²) in [4.78, 5) is 12.6. The van der Waals surface area contributed by atoms with Crippen molar-refractivity contribution < 1.29 is 4.79 Å². The number of hydrogen-bond donors (Lipinski definition) is 1. The van der Waals surface area contributed by atoms with Crippen LogP contribution in [-0.2, 0) is 4.79 Å². The second-order valence-corrected chi connectivity index (χ2v) is 4.47. The van der Waals surface area contributed by atoms with Crippen LogP contribution in [0.25, 0.3) is 0 Å². The van der Waals surface area contributed by atoms with Crippen LogP contribution in [-0.4, -0.2) is 17.3 Å². The van der Waals surface area contributed by atoms with Gasteiger partial charge in [-0.1, -0.05) is 23.9 Å². The fourth-order valence-corrected chi connectivity index (χ4v) is 1.82. The van der Waals surface area contributed by atoms with Gasteiger partial charge in [0, 0.05) is 13.0 Å². The molecule has 0 aromatic rings. The smallest absolute Gasteiger partial charge is 0.141 e. The molecule has 1 fully saturated rings. The third-order valence-electron chi connectivity index (χ3n) is 2.29. The molecule has 1 saturated heterocycles. The van der Waals surface area contributed by atoms with E-state index in [9.17, 15) is 4.79 Å². The van der Waals surface area contributed by atoms with E-state index in [-0.39, 0.29) is 5.92 Å². The number of allylic oxidation sites excluding steroid dienone is 1. The molecule has 0 aromatic heterocycles. The molecule has 1 unspecified atom stereocenters. The van der Waals surface area contributed by atoms with Gasteiger partial charge in [0.25, 0.3) is 0 Å². The van der Waals surface area contributed by atoms with Crippen molar-refractivity contribution in [3.8, 4) is 0 Å². The number of thiocarbonyl (C=S) groups is 1. The zero-order valence-corrected chi connectivity index (χ0v) is 9.62. The van der Waals surface area contributed by atoms with E-state index in [0.29, 0.717) is 18.7 Å². The van der Waals surface area contributed by atoms with Crippen molar-refractivity contribution in [3.05, 3.63) is 11.6 Å². The van der Waals surface area contributed by atoms with Gasteiger partial charge in [-0.3, -0.25) is 4.79 Å². The van der Waals surface area contributed by atoms with Gasteiger partial charge in [-0.2, -0.15) is 0 Å². The molecule has 1 aliphatic heterocycles. The van der Waals surface area contributed by atoms with E-state index < -0.39 is 0 Å². The van der Waals surface area contributed by atoms with Crippen LogP contribution in [0.4, 0.5) is 0 Å². The van der Waals surface area contributed by atoms with Crippen molar-refractivity contribution in [1.29, 1.82) is 0 Å². The number of nitrogens with one attached hydrogen (secondary N) is 1. The van der Waals surface area contributed by atoms with Crippen LogP contribution >= 0.6 is 12.2 Å².